The summed E-state index contributed by atoms with van der Waals surface area (Å²) in [5.74, 6) is -1.49. The molecule has 1 aromatic carbocycles. The van der Waals surface area contributed by atoms with Gasteiger partial charge in [0.15, 0.2) is 14.6 Å². The number of nitriles is 1. The van der Waals surface area contributed by atoms with E-state index in [2.05, 4.69) is 0 Å². The van der Waals surface area contributed by atoms with Gasteiger partial charge in [0, 0.05) is 17.7 Å². The number of non-ortho nitro benzene ring substituents is 1. The Hall–Kier alpha value is -2.05. The Morgan fingerprint density at radius 3 is 2.59 bits per heavy atom. The minimum atomic E-state index is -3.88. The van der Waals surface area contributed by atoms with E-state index in [1.165, 1.54) is 6.92 Å². The lowest BCUT2D eigenvalue weighted by Crippen LogP contribution is -2.44. The molecule has 0 heterocycles. The van der Waals surface area contributed by atoms with Gasteiger partial charge in [0.05, 0.1) is 22.3 Å². The van der Waals surface area contributed by atoms with E-state index in [0.29, 0.717) is 0 Å². The van der Waals surface area contributed by atoms with Crippen LogP contribution in [0.15, 0.2) is 18.2 Å². The molecule has 1 fully saturated rings. The lowest BCUT2D eigenvalue weighted by Gasteiger charge is -2.26. The van der Waals surface area contributed by atoms with Crippen LogP contribution in [-0.2, 0) is 15.4 Å². The maximum Gasteiger partial charge on any atom is 0.269 e. The maximum absolute atomic E-state index is 13.9. The molecule has 0 aromatic heterocycles. The Morgan fingerprint density at radius 2 is 2.14 bits per heavy atom. The Balaban J connectivity index is 2.41. The van der Waals surface area contributed by atoms with Crippen molar-refractivity contribution in [2.45, 2.75) is 30.1 Å². The minimum Gasteiger partial charge on any atom is -0.321 e. The molecule has 0 amide bonds. The Labute approximate surface area is 126 Å². The molecule has 0 saturated heterocycles. The van der Waals surface area contributed by atoms with Crippen LogP contribution in [0.25, 0.3) is 0 Å². The van der Waals surface area contributed by atoms with Gasteiger partial charge in [-0.25, -0.2) is 12.8 Å². The molecule has 1 aliphatic rings. The molecule has 1 saturated carbocycles. The van der Waals surface area contributed by atoms with E-state index < -0.39 is 36.6 Å². The monoisotopic (exact) mass is 327 g/mol. The first-order chi connectivity index (χ1) is 10.0. The number of nitro groups is 1. The van der Waals surface area contributed by atoms with E-state index in [-0.39, 0.29) is 24.1 Å². The van der Waals surface area contributed by atoms with Crippen LogP contribution in [0.5, 0.6) is 0 Å². The molecule has 9 heteroatoms. The van der Waals surface area contributed by atoms with Crippen molar-refractivity contribution in [3.8, 4) is 6.07 Å². The van der Waals surface area contributed by atoms with Crippen molar-refractivity contribution in [3.05, 3.63) is 39.7 Å². The number of hydrogen-bond acceptors (Lipinski definition) is 6. The van der Waals surface area contributed by atoms with Crippen LogP contribution < -0.4 is 5.73 Å². The number of sulfone groups is 1. The summed E-state index contributed by atoms with van der Waals surface area (Å²) < 4.78 is 37.1. The fourth-order valence-corrected chi connectivity index (χ4v) is 4.37. The van der Waals surface area contributed by atoms with E-state index >= 15 is 0 Å². The van der Waals surface area contributed by atoms with Gasteiger partial charge in [-0.15, -0.1) is 0 Å². The molecule has 2 rings (SSSR count). The van der Waals surface area contributed by atoms with Gasteiger partial charge in [0.1, 0.15) is 5.82 Å². The summed E-state index contributed by atoms with van der Waals surface area (Å²) in [6, 6.07) is 4.54. The van der Waals surface area contributed by atoms with Crippen molar-refractivity contribution < 1.29 is 17.7 Å². The third kappa shape index (κ3) is 2.67. The smallest absolute Gasteiger partial charge is 0.269 e. The topological polar surface area (TPSA) is 127 Å². The summed E-state index contributed by atoms with van der Waals surface area (Å²) in [5, 5.41) is 19.8. The predicted molar refractivity (Wildman–Crippen MR) is 76.0 cm³/mol. The van der Waals surface area contributed by atoms with E-state index in [1.54, 1.807) is 6.07 Å². The van der Waals surface area contributed by atoms with Crippen molar-refractivity contribution in [3.63, 3.8) is 0 Å². The summed E-state index contributed by atoms with van der Waals surface area (Å²) in [6.45, 7) is 1.28. The predicted octanol–water partition coefficient (Wildman–Crippen LogP) is 1.38. The van der Waals surface area contributed by atoms with Gasteiger partial charge < -0.3 is 5.73 Å². The Bertz CT molecular complexity index is 779. The fourth-order valence-electron chi connectivity index (χ4n) is 2.28. The van der Waals surface area contributed by atoms with Crippen LogP contribution in [0, 0.1) is 27.3 Å². The number of nitrogens with zero attached hydrogens (tertiary/aromatic N) is 2. The highest BCUT2D eigenvalue weighted by molar-refractivity contribution is 7.93. The van der Waals surface area contributed by atoms with Gasteiger partial charge in [-0.2, -0.15) is 5.26 Å². The number of nitrogens with two attached hydrogens (primary N) is 1. The summed E-state index contributed by atoms with van der Waals surface area (Å²) >= 11 is 0. The molecule has 0 aliphatic heterocycles. The molecule has 0 spiro atoms. The summed E-state index contributed by atoms with van der Waals surface area (Å²) in [5.41, 5.74) is 3.60. The highest BCUT2D eigenvalue weighted by Gasteiger charge is 2.56. The molecule has 22 heavy (non-hydrogen) atoms. The van der Waals surface area contributed by atoms with Gasteiger partial charge >= 0.3 is 0 Å². The quantitative estimate of drug-likeness (QED) is 0.643. The van der Waals surface area contributed by atoms with Gasteiger partial charge in [-0.3, -0.25) is 10.1 Å². The number of halogens is 1. The minimum absolute atomic E-state index is 0.222. The number of rotatable bonds is 5. The molecule has 7 nitrogen and oxygen atoms in total. The summed E-state index contributed by atoms with van der Waals surface area (Å²) in [7, 11) is -3.88. The van der Waals surface area contributed by atoms with Crippen molar-refractivity contribution >= 4 is 15.5 Å². The number of hydrogen-bond donors (Lipinski definition) is 1. The SMILES string of the molecule is C[C@](N)(CS(=O)(=O)C1(C#N)CC1)c1cc([N+](=O)[O-])ccc1F. The average Bonchev–Trinajstić information content (AvgIpc) is 3.18. The van der Waals surface area contributed by atoms with Crippen LogP contribution in [0.4, 0.5) is 10.1 Å². The molecule has 1 atom stereocenters. The van der Waals surface area contributed by atoms with Gasteiger partial charge in [0.2, 0.25) is 0 Å². The lowest BCUT2D eigenvalue weighted by molar-refractivity contribution is -0.385. The highest BCUT2D eigenvalue weighted by Crippen LogP contribution is 2.45. The van der Waals surface area contributed by atoms with Crippen molar-refractivity contribution in [1.82, 2.24) is 0 Å². The molecular weight excluding hydrogens is 313 g/mol. The van der Waals surface area contributed by atoms with Crippen LogP contribution in [0.3, 0.4) is 0 Å². The highest BCUT2D eigenvalue weighted by atomic mass is 32.2. The van der Waals surface area contributed by atoms with Gasteiger partial charge in [-0.1, -0.05) is 0 Å². The van der Waals surface area contributed by atoms with Crippen LogP contribution >= 0.6 is 0 Å². The number of benzene rings is 1. The normalized spacial score (nSPS) is 19.0. The average molecular weight is 327 g/mol. The summed E-state index contributed by atoms with van der Waals surface area (Å²) in [4.78, 5) is 10.1. The van der Waals surface area contributed by atoms with Crippen LogP contribution in [-0.4, -0.2) is 23.8 Å². The van der Waals surface area contributed by atoms with Crippen molar-refractivity contribution in [2.24, 2.45) is 5.73 Å². The van der Waals surface area contributed by atoms with E-state index in [9.17, 15) is 22.9 Å². The van der Waals surface area contributed by atoms with E-state index in [0.717, 1.165) is 18.2 Å². The zero-order chi connectivity index (χ0) is 16.8. The largest absolute Gasteiger partial charge is 0.321 e. The maximum atomic E-state index is 13.9. The van der Waals surface area contributed by atoms with Crippen LogP contribution in [0.1, 0.15) is 25.3 Å². The lowest BCUT2D eigenvalue weighted by atomic mass is 9.94. The second-order valence-corrected chi connectivity index (χ2v) is 8.00. The standard InChI is InChI=1S/C13H14FN3O4S/c1-12(16,8-22(20,21)13(7-15)4-5-13)10-6-9(17(18)19)2-3-11(10)14/h2-3,6H,4-5,8,16H2,1H3/t12-/m0/s1. The first-order valence-electron chi connectivity index (χ1n) is 6.41. The van der Waals surface area contributed by atoms with E-state index in [1.807, 2.05) is 0 Å². The zero-order valence-corrected chi connectivity index (χ0v) is 12.6. The number of nitro benzene ring substituents is 1. The second-order valence-electron chi connectivity index (χ2n) is 5.70. The Morgan fingerprint density at radius 1 is 1.55 bits per heavy atom. The molecule has 118 valence electrons. The fraction of sp³-hybridized carbons (Fsp3) is 0.462. The Kier molecular flexibility index (Phi) is 3.71. The third-order valence-electron chi connectivity index (χ3n) is 3.77. The van der Waals surface area contributed by atoms with Gasteiger partial charge in [-0.05, 0) is 25.8 Å². The molecule has 1 aliphatic carbocycles. The van der Waals surface area contributed by atoms with Crippen LogP contribution in [0.2, 0.25) is 0 Å². The van der Waals surface area contributed by atoms with Gasteiger partial charge in [0.25, 0.3) is 5.69 Å². The molecule has 2 N–H and O–H groups in total. The molecule has 0 radical (unpaired) electrons. The molecule has 0 unspecified atom stereocenters. The second kappa shape index (κ2) is 5.00. The first kappa shape index (κ1) is 16.3. The first-order valence-corrected chi connectivity index (χ1v) is 8.07. The van der Waals surface area contributed by atoms with Crippen molar-refractivity contribution in [2.75, 3.05) is 5.75 Å². The van der Waals surface area contributed by atoms with E-state index in [4.69, 9.17) is 11.0 Å². The summed E-state index contributed by atoms with van der Waals surface area (Å²) in [6.07, 6.45) is 0.443. The molecular formula is C13H14FN3O4S. The molecule has 0 bridgehead atoms. The zero-order valence-electron chi connectivity index (χ0n) is 11.7. The third-order valence-corrected chi connectivity index (χ3v) is 6.44. The molecule has 1 aromatic rings. The van der Waals surface area contributed by atoms with Crippen molar-refractivity contribution in [1.29, 1.82) is 5.26 Å².